The first-order valence-corrected chi connectivity index (χ1v) is 4.47. The predicted molar refractivity (Wildman–Crippen MR) is 64.1 cm³/mol. The van der Waals surface area contributed by atoms with E-state index in [2.05, 4.69) is 24.6 Å². The van der Waals surface area contributed by atoms with Crippen molar-refractivity contribution in [3.05, 3.63) is 72.2 Å². The van der Waals surface area contributed by atoms with Gasteiger partial charge in [-0.3, -0.25) is 0 Å². The summed E-state index contributed by atoms with van der Waals surface area (Å²) in [5.74, 6) is 0. The van der Waals surface area contributed by atoms with Gasteiger partial charge in [-0.25, -0.2) is 0 Å². The molecule has 0 N–H and O–H groups in total. The van der Waals surface area contributed by atoms with Gasteiger partial charge in [0.05, 0.1) is 0 Å². The summed E-state index contributed by atoms with van der Waals surface area (Å²) in [5.41, 5.74) is 8.03. The molecule has 1 aliphatic carbocycles. The Balaban J connectivity index is 0.000000241. The molecule has 0 unspecified atom stereocenters. The average molecular weight is 184 g/mol. The topological polar surface area (TPSA) is 0 Å². The molecule has 0 radical (unpaired) electrons. The third kappa shape index (κ3) is 6.94. The van der Waals surface area contributed by atoms with Gasteiger partial charge >= 0.3 is 0 Å². The Morgan fingerprint density at radius 2 is 2.07 bits per heavy atom. The molecule has 0 amide bonds. The van der Waals surface area contributed by atoms with Crippen molar-refractivity contribution in [1.29, 1.82) is 0 Å². The monoisotopic (exact) mass is 184 g/mol. The lowest BCUT2D eigenvalue weighted by Gasteiger charge is -1.83. The van der Waals surface area contributed by atoms with E-state index in [1.54, 1.807) is 12.2 Å². The molecule has 1 aliphatic rings. The minimum absolute atomic E-state index is 1.15. The highest BCUT2D eigenvalue weighted by atomic mass is 13.8. The van der Waals surface area contributed by atoms with Crippen LogP contribution in [0.15, 0.2) is 72.2 Å². The summed E-state index contributed by atoms with van der Waals surface area (Å²) in [4.78, 5) is 0. The second-order valence-corrected chi connectivity index (χ2v) is 2.86. The second-order valence-electron chi connectivity index (χ2n) is 2.86. The van der Waals surface area contributed by atoms with Crippen LogP contribution < -0.4 is 0 Å². The molecule has 0 saturated carbocycles. The summed E-state index contributed by atoms with van der Waals surface area (Å²) < 4.78 is 0. The minimum Gasteiger partial charge on any atom is -0.0991 e. The lowest BCUT2D eigenvalue weighted by Crippen LogP contribution is -1.63. The van der Waals surface area contributed by atoms with Crippen LogP contribution in [0.25, 0.3) is 0 Å². The fourth-order valence-electron chi connectivity index (χ4n) is 0.679. The molecule has 0 fully saturated rings. The van der Waals surface area contributed by atoms with E-state index in [4.69, 9.17) is 0 Å². The lowest BCUT2D eigenvalue weighted by molar-refractivity contribution is 1.52. The molecule has 0 aliphatic heterocycles. The van der Waals surface area contributed by atoms with Gasteiger partial charge in [-0.2, -0.15) is 0 Å². The maximum absolute atomic E-state index is 3.56. The molecule has 0 heteroatoms. The summed E-state index contributed by atoms with van der Waals surface area (Å²) in [6, 6.07) is 0. The fourth-order valence-corrected chi connectivity index (χ4v) is 0.679. The van der Waals surface area contributed by atoms with Gasteiger partial charge in [0.15, 0.2) is 0 Å². The first-order valence-electron chi connectivity index (χ1n) is 4.47. The van der Waals surface area contributed by atoms with Gasteiger partial charge in [-0.1, -0.05) is 54.5 Å². The van der Waals surface area contributed by atoms with Crippen LogP contribution in [0.2, 0.25) is 0 Å². The highest BCUT2D eigenvalue weighted by molar-refractivity contribution is 5.24. The van der Waals surface area contributed by atoms with Gasteiger partial charge in [0, 0.05) is 0 Å². The average Bonchev–Trinajstić information content (AvgIpc) is 2.20. The number of hydrogen-bond acceptors (Lipinski definition) is 0. The van der Waals surface area contributed by atoms with E-state index >= 15 is 0 Å². The molecule has 0 bridgehead atoms. The first kappa shape index (κ1) is 12.3. The van der Waals surface area contributed by atoms with Crippen molar-refractivity contribution in [3.8, 4) is 0 Å². The third-order valence-electron chi connectivity index (χ3n) is 1.52. The van der Waals surface area contributed by atoms with Gasteiger partial charge in [-0.05, 0) is 31.6 Å². The molecule has 0 spiro atoms. The molecule has 14 heavy (non-hydrogen) atoms. The largest absolute Gasteiger partial charge is 0.0991 e. The number of hydrogen-bond donors (Lipinski definition) is 0. The lowest BCUT2D eigenvalue weighted by atomic mass is 10.2. The van der Waals surface area contributed by atoms with Crippen LogP contribution in [0.1, 0.15) is 13.8 Å². The molecule has 0 saturated heterocycles. The normalized spacial score (nSPS) is 12.7. The fraction of sp³-hybridized carbons (Fsp3) is 0.143. The van der Waals surface area contributed by atoms with Gasteiger partial charge < -0.3 is 0 Å². The smallest absolute Gasteiger partial charge is 0.00858 e. The Morgan fingerprint density at radius 1 is 1.36 bits per heavy atom. The molecule has 72 valence electrons. The van der Waals surface area contributed by atoms with E-state index < -0.39 is 0 Å². The maximum Gasteiger partial charge on any atom is -0.00858 e. The quantitative estimate of drug-likeness (QED) is 0.447. The molecule has 1 rings (SSSR count). The van der Waals surface area contributed by atoms with E-state index in [0.29, 0.717) is 0 Å². The molecule has 0 aromatic heterocycles. The molecular weight excluding hydrogens is 168 g/mol. The third-order valence-corrected chi connectivity index (χ3v) is 1.52. The van der Waals surface area contributed by atoms with Crippen LogP contribution >= 0.6 is 0 Å². The van der Waals surface area contributed by atoms with Crippen molar-refractivity contribution >= 4 is 0 Å². The molecular formula is C14H16. The van der Waals surface area contributed by atoms with Crippen LogP contribution in [-0.2, 0) is 0 Å². The first-order chi connectivity index (χ1) is 6.70. The van der Waals surface area contributed by atoms with Gasteiger partial charge in [0.25, 0.3) is 0 Å². The number of rotatable bonds is 2. The second kappa shape index (κ2) is 7.89. The van der Waals surface area contributed by atoms with Crippen molar-refractivity contribution in [1.82, 2.24) is 0 Å². The van der Waals surface area contributed by atoms with Crippen LogP contribution in [0.3, 0.4) is 0 Å². The van der Waals surface area contributed by atoms with E-state index in [-0.39, 0.29) is 0 Å². The van der Waals surface area contributed by atoms with Gasteiger partial charge in [-0.15, -0.1) is 0 Å². The zero-order valence-electron chi connectivity index (χ0n) is 8.88. The molecule has 0 heterocycles. The zero-order chi connectivity index (χ0) is 10.8. The van der Waals surface area contributed by atoms with E-state index in [1.165, 1.54) is 5.57 Å². The summed E-state index contributed by atoms with van der Waals surface area (Å²) >= 11 is 0. The van der Waals surface area contributed by atoms with Gasteiger partial charge in [0.1, 0.15) is 0 Å². The Morgan fingerprint density at radius 3 is 2.29 bits per heavy atom. The standard InChI is InChI=1S/C7H6.C7H10/c1-7-5-3-2-4-6-7;1-4-6-7(3)5-2/h3,5-6H,1H3;4-6H,1-2H2,3H3/b;7-6-. The van der Waals surface area contributed by atoms with Crippen molar-refractivity contribution in [2.75, 3.05) is 0 Å². The molecule has 0 aromatic carbocycles. The highest BCUT2D eigenvalue weighted by Gasteiger charge is 1.76. The van der Waals surface area contributed by atoms with Gasteiger partial charge in [0.2, 0.25) is 0 Å². The predicted octanol–water partition coefficient (Wildman–Crippen LogP) is 4.12. The Kier molecular flexibility index (Phi) is 6.91. The van der Waals surface area contributed by atoms with Crippen LogP contribution in [0.5, 0.6) is 0 Å². The Bertz CT molecular complexity index is 343. The zero-order valence-corrected chi connectivity index (χ0v) is 8.88. The van der Waals surface area contributed by atoms with E-state index in [9.17, 15) is 0 Å². The molecule has 0 nitrogen and oxygen atoms in total. The van der Waals surface area contributed by atoms with E-state index in [0.717, 1.165) is 5.57 Å². The summed E-state index contributed by atoms with van der Waals surface area (Å²) in [5, 5.41) is 0. The van der Waals surface area contributed by atoms with Crippen LogP contribution in [0, 0.1) is 0 Å². The summed E-state index contributed by atoms with van der Waals surface area (Å²) in [6.45, 7) is 11.1. The van der Waals surface area contributed by atoms with E-state index in [1.807, 2.05) is 38.2 Å². The van der Waals surface area contributed by atoms with Crippen molar-refractivity contribution < 1.29 is 0 Å². The SMILES string of the molecule is C=C/C=C(/C)C=C.CC1=CC=C=C=C1. The highest BCUT2D eigenvalue weighted by Crippen LogP contribution is 1.95. The maximum atomic E-state index is 3.56. The molecule has 0 atom stereocenters. The summed E-state index contributed by atoms with van der Waals surface area (Å²) in [6.07, 6.45) is 11.2. The summed E-state index contributed by atoms with van der Waals surface area (Å²) in [7, 11) is 0. The minimum atomic E-state index is 1.15. The molecule has 0 aromatic rings. The van der Waals surface area contributed by atoms with Crippen molar-refractivity contribution in [2.24, 2.45) is 0 Å². The van der Waals surface area contributed by atoms with Crippen LogP contribution in [0.4, 0.5) is 0 Å². The Hall–Kier alpha value is -1.74. The number of allylic oxidation sites excluding steroid dienone is 8. The van der Waals surface area contributed by atoms with Crippen LogP contribution in [-0.4, -0.2) is 0 Å². The van der Waals surface area contributed by atoms with Crippen molar-refractivity contribution in [2.45, 2.75) is 13.8 Å². The van der Waals surface area contributed by atoms with Crippen molar-refractivity contribution in [3.63, 3.8) is 0 Å². The Labute approximate surface area is 86.7 Å².